The first-order valence-electron chi connectivity index (χ1n) is 11.1. The van der Waals surface area contributed by atoms with Gasteiger partial charge in [0.25, 0.3) is 0 Å². The summed E-state index contributed by atoms with van der Waals surface area (Å²) in [5.41, 5.74) is -0.0403. The van der Waals surface area contributed by atoms with Gasteiger partial charge in [-0.3, -0.25) is 9.59 Å². The minimum Gasteiger partial charge on any atom is -0.469 e. The second kappa shape index (κ2) is 12.0. The highest BCUT2D eigenvalue weighted by atomic mass is 17.2. The highest BCUT2D eigenvalue weighted by Gasteiger charge is 2.43. The third-order valence-corrected chi connectivity index (χ3v) is 6.11. The summed E-state index contributed by atoms with van der Waals surface area (Å²) in [7, 11) is 2.64. The Morgan fingerprint density at radius 3 is 2.41 bits per heavy atom. The quantitative estimate of drug-likeness (QED) is 0.431. The van der Waals surface area contributed by atoms with E-state index in [1.54, 1.807) is 24.3 Å². The average Bonchev–Trinajstić information content (AvgIpc) is 2.82. The van der Waals surface area contributed by atoms with Crippen molar-refractivity contribution in [3.05, 3.63) is 35.9 Å². The fraction of sp³-hybridized carbons (Fsp3) is 0.625. The molecule has 8 heteroatoms. The number of benzene rings is 1. The van der Waals surface area contributed by atoms with E-state index in [2.05, 4.69) is 5.32 Å². The van der Waals surface area contributed by atoms with E-state index in [-0.39, 0.29) is 30.3 Å². The minimum absolute atomic E-state index is 0.0977. The summed E-state index contributed by atoms with van der Waals surface area (Å²) in [6, 6.07) is 8.11. The van der Waals surface area contributed by atoms with Gasteiger partial charge in [-0.25, -0.2) is 14.6 Å². The summed E-state index contributed by atoms with van der Waals surface area (Å²) < 4.78 is 9.64. The van der Waals surface area contributed by atoms with Gasteiger partial charge in [-0.15, -0.1) is 0 Å². The number of hydrogen-bond donors (Lipinski definition) is 1. The van der Waals surface area contributed by atoms with Crippen LogP contribution in [0.1, 0.15) is 64.5 Å². The molecule has 1 N–H and O–H groups in total. The number of carbonyl (C=O) groups excluding carboxylic acids is 3. The van der Waals surface area contributed by atoms with Crippen molar-refractivity contribution in [3.63, 3.8) is 0 Å². The van der Waals surface area contributed by atoms with Crippen LogP contribution >= 0.6 is 0 Å². The van der Waals surface area contributed by atoms with Crippen molar-refractivity contribution in [2.75, 3.05) is 14.2 Å². The maximum atomic E-state index is 13.1. The number of methoxy groups -OCH3 is 2. The summed E-state index contributed by atoms with van der Waals surface area (Å²) in [4.78, 5) is 48.4. The molecule has 8 nitrogen and oxygen atoms in total. The smallest absolute Gasteiger partial charge is 0.333 e. The Labute approximate surface area is 189 Å². The molecule has 1 heterocycles. The van der Waals surface area contributed by atoms with Gasteiger partial charge in [-0.2, -0.15) is 0 Å². The van der Waals surface area contributed by atoms with E-state index < -0.39 is 23.5 Å². The van der Waals surface area contributed by atoms with Crippen LogP contribution in [-0.4, -0.2) is 43.8 Å². The molecule has 1 aliphatic heterocycles. The van der Waals surface area contributed by atoms with Gasteiger partial charge in [0.1, 0.15) is 11.7 Å². The third kappa shape index (κ3) is 6.77. The molecule has 1 amide bonds. The van der Waals surface area contributed by atoms with Crippen molar-refractivity contribution in [2.45, 2.75) is 70.6 Å². The standard InChI is InChI=1S/C24H35NO7/c1-6-16-14-24(3,32-31-19(16)13-20(26)29-4)15-17(7-2)22(27)25-21(23(28)30-5)18-11-9-8-10-12-18/h8-12,16-17,19,21H,6-7,13-15H2,1-5H3,(H,25,27)/t16-,17-,19-,21+,24-/m1/s1. The Morgan fingerprint density at radius 1 is 1.16 bits per heavy atom. The number of nitrogens with one attached hydrogen (secondary N) is 1. The topological polar surface area (TPSA) is 100 Å². The van der Waals surface area contributed by atoms with E-state index >= 15 is 0 Å². The summed E-state index contributed by atoms with van der Waals surface area (Å²) in [5.74, 6) is -1.42. The van der Waals surface area contributed by atoms with Crippen molar-refractivity contribution in [1.82, 2.24) is 5.32 Å². The Hall–Kier alpha value is -2.45. The lowest BCUT2D eigenvalue weighted by molar-refractivity contribution is -0.419. The molecule has 0 unspecified atom stereocenters. The van der Waals surface area contributed by atoms with Crippen LogP contribution in [0, 0.1) is 11.8 Å². The molecule has 0 aliphatic carbocycles. The van der Waals surface area contributed by atoms with E-state index in [0.29, 0.717) is 24.8 Å². The maximum absolute atomic E-state index is 13.1. The molecule has 0 spiro atoms. The van der Waals surface area contributed by atoms with Gasteiger partial charge in [0.15, 0.2) is 6.04 Å². The molecule has 1 saturated heterocycles. The van der Waals surface area contributed by atoms with Gasteiger partial charge in [0.05, 0.1) is 20.6 Å². The van der Waals surface area contributed by atoms with Gasteiger partial charge in [-0.1, -0.05) is 50.6 Å². The maximum Gasteiger partial charge on any atom is 0.333 e. The van der Waals surface area contributed by atoms with Crippen LogP contribution in [0.2, 0.25) is 0 Å². The molecule has 0 saturated carbocycles. The number of amides is 1. The molecule has 1 aliphatic rings. The van der Waals surface area contributed by atoms with Gasteiger partial charge in [0.2, 0.25) is 5.91 Å². The van der Waals surface area contributed by atoms with Crippen LogP contribution in [0.15, 0.2) is 30.3 Å². The van der Waals surface area contributed by atoms with Gasteiger partial charge in [-0.05, 0) is 37.7 Å². The highest BCUT2D eigenvalue weighted by Crippen LogP contribution is 2.39. The lowest BCUT2D eigenvalue weighted by atomic mass is 9.79. The first-order chi connectivity index (χ1) is 15.3. The van der Waals surface area contributed by atoms with Crippen LogP contribution in [0.3, 0.4) is 0 Å². The van der Waals surface area contributed by atoms with Crippen LogP contribution in [0.25, 0.3) is 0 Å². The Morgan fingerprint density at radius 2 is 1.84 bits per heavy atom. The Kier molecular flexibility index (Phi) is 9.65. The zero-order valence-electron chi connectivity index (χ0n) is 19.6. The van der Waals surface area contributed by atoms with Crippen molar-refractivity contribution in [3.8, 4) is 0 Å². The largest absolute Gasteiger partial charge is 0.469 e. The lowest BCUT2D eigenvalue weighted by Gasteiger charge is -2.42. The van der Waals surface area contributed by atoms with E-state index in [9.17, 15) is 14.4 Å². The van der Waals surface area contributed by atoms with Crippen molar-refractivity contribution in [2.24, 2.45) is 11.8 Å². The molecule has 0 bridgehead atoms. The fourth-order valence-corrected chi connectivity index (χ4v) is 4.19. The average molecular weight is 450 g/mol. The number of hydrogen-bond acceptors (Lipinski definition) is 7. The van der Waals surface area contributed by atoms with Crippen LogP contribution < -0.4 is 5.32 Å². The summed E-state index contributed by atoms with van der Waals surface area (Å²) >= 11 is 0. The molecule has 5 atom stereocenters. The fourth-order valence-electron chi connectivity index (χ4n) is 4.19. The van der Waals surface area contributed by atoms with Crippen LogP contribution in [0.4, 0.5) is 0 Å². The SMILES string of the molecule is CC[C@H](C[C@@]1(C)C[C@@H](CC)[C@@H](CC(=O)OC)OO1)C(=O)N[C@H](C(=O)OC)c1ccccc1. The molecular weight excluding hydrogens is 414 g/mol. The van der Waals surface area contributed by atoms with E-state index in [1.807, 2.05) is 26.8 Å². The lowest BCUT2D eigenvalue weighted by Crippen LogP contribution is -2.47. The monoisotopic (exact) mass is 449 g/mol. The molecule has 1 aromatic rings. The van der Waals surface area contributed by atoms with Gasteiger partial charge in [0, 0.05) is 5.92 Å². The summed E-state index contributed by atoms with van der Waals surface area (Å²) in [6.07, 6.45) is 2.18. The third-order valence-electron chi connectivity index (χ3n) is 6.11. The second-order valence-electron chi connectivity index (χ2n) is 8.51. The highest BCUT2D eigenvalue weighted by molar-refractivity contribution is 5.86. The molecule has 1 aromatic carbocycles. The van der Waals surface area contributed by atoms with E-state index in [0.717, 1.165) is 6.42 Å². The summed E-state index contributed by atoms with van der Waals surface area (Å²) in [6.45, 7) is 5.87. The molecule has 0 radical (unpaired) electrons. The van der Waals surface area contributed by atoms with Gasteiger partial charge >= 0.3 is 11.9 Å². The zero-order chi connectivity index (χ0) is 23.7. The first kappa shape index (κ1) is 25.8. The normalized spacial score (nSPS) is 24.8. The number of rotatable bonds is 10. The van der Waals surface area contributed by atoms with E-state index in [1.165, 1.54) is 14.2 Å². The molecular formula is C24H35NO7. The van der Waals surface area contributed by atoms with Crippen molar-refractivity contribution >= 4 is 17.8 Å². The Bertz CT molecular complexity index is 769. The van der Waals surface area contributed by atoms with Gasteiger partial charge < -0.3 is 14.8 Å². The Balaban J connectivity index is 2.08. The first-order valence-corrected chi connectivity index (χ1v) is 11.1. The van der Waals surface area contributed by atoms with E-state index in [4.69, 9.17) is 19.2 Å². The number of ether oxygens (including phenoxy) is 2. The predicted octanol–water partition coefficient (Wildman–Crippen LogP) is 3.50. The van der Waals surface area contributed by atoms with Crippen molar-refractivity contribution in [1.29, 1.82) is 0 Å². The zero-order valence-corrected chi connectivity index (χ0v) is 19.6. The molecule has 0 aromatic heterocycles. The molecule has 178 valence electrons. The molecule has 32 heavy (non-hydrogen) atoms. The number of esters is 2. The second-order valence-corrected chi connectivity index (χ2v) is 8.51. The molecule has 1 fully saturated rings. The summed E-state index contributed by atoms with van der Waals surface area (Å²) in [5, 5.41) is 2.84. The number of carbonyl (C=O) groups is 3. The van der Waals surface area contributed by atoms with Crippen LogP contribution in [0.5, 0.6) is 0 Å². The minimum atomic E-state index is -0.882. The van der Waals surface area contributed by atoms with Crippen LogP contribution in [-0.2, 0) is 33.6 Å². The van der Waals surface area contributed by atoms with Crippen molar-refractivity contribution < 1.29 is 33.6 Å². The molecule has 2 rings (SSSR count). The predicted molar refractivity (Wildman–Crippen MR) is 117 cm³/mol.